The monoisotopic (exact) mass is 461 g/mol. The molecular weight excluding hydrogens is 448 g/mol. The second kappa shape index (κ2) is 8.09. The molecule has 0 saturated carbocycles. The van der Waals surface area contributed by atoms with Crippen LogP contribution in [0.5, 0.6) is 0 Å². The number of nitrogens with zero attached hydrogens (tertiary/aromatic N) is 3. The molecule has 0 atom stereocenters. The minimum absolute atomic E-state index is 0.183. The fraction of sp³-hybridized carbons (Fsp3) is 0.0952. The lowest BCUT2D eigenvalue weighted by atomic mass is 10.3. The second-order valence-electron chi connectivity index (χ2n) is 6.70. The quantitative estimate of drug-likeness (QED) is 0.464. The van der Waals surface area contributed by atoms with Crippen molar-refractivity contribution in [1.82, 2.24) is 9.13 Å². The minimum Gasteiger partial charge on any atom is -0.314 e. The van der Waals surface area contributed by atoms with Gasteiger partial charge in [-0.3, -0.25) is 14.2 Å². The first-order valence-electron chi connectivity index (χ1n) is 8.98. The molecule has 1 amide bonds. The minimum atomic E-state index is -0.934. The highest BCUT2D eigenvalue weighted by Crippen LogP contribution is 2.20. The van der Waals surface area contributed by atoms with Gasteiger partial charge in [-0.2, -0.15) is 0 Å². The number of likely N-dealkylation sites (N-methyl/N-ethyl adjacent to an activating group) is 1. The molecule has 2 aromatic heterocycles. The van der Waals surface area contributed by atoms with Crippen molar-refractivity contribution in [3.05, 3.63) is 91.4 Å². The van der Waals surface area contributed by atoms with E-state index in [1.165, 1.54) is 11.9 Å². The number of fused-ring (bicyclic) bond motifs is 1. The predicted molar refractivity (Wildman–Crippen MR) is 116 cm³/mol. The van der Waals surface area contributed by atoms with Crippen LogP contribution in [0.3, 0.4) is 0 Å². The summed E-state index contributed by atoms with van der Waals surface area (Å²) in [5.41, 5.74) is -1.07. The number of thiophene rings is 1. The lowest BCUT2D eigenvalue weighted by molar-refractivity contribution is -0.118. The number of benzene rings is 2. The topological polar surface area (TPSA) is 64.3 Å². The summed E-state index contributed by atoms with van der Waals surface area (Å²) in [6.07, 6.45) is 0. The molecule has 31 heavy (non-hydrogen) atoms. The van der Waals surface area contributed by atoms with Crippen LogP contribution in [0.15, 0.2) is 63.5 Å². The van der Waals surface area contributed by atoms with Crippen LogP contribution in [0.1, 0.15) is 0 Å². The third-order valence-electron chi connectivity index (χ3n) is 4.72. The zero-order chi connectivity index (χ0) is 22.3. The highest BCUT2D eigenvalue weighted by atomic mass is 35.5. The number of amides is 1. The Bertz CT molecular complexity index is 1420. The molecule has 0 N–H and O–H groups in total. The predicted octanol–water partition coefficient (Wildman–Crippen LogP) is 3.81. The zero-order valence-corrected chi connectivity index (χ0v) is 17.6. The van der Waals surface area contributed by atoms with Gasteiger partial charge in [-0.05, 0) is 41.8 Å². The van der Waals surface area contributed by atoms with E-state index in [9.17, 15) is 23.2 Å². The fourth-order valence-electron chi connectivity index (χ4n) is 3.21. The summed E-state index contributed by atoms with van der Waals surface area (Å²) in [7, 11) is 1.53. The normalized spacial score (nSPS) is 11.1. The van der Waals surface area contributed by atoms with Crippen molar-refractivity contribution in [2.45, 2.75) is 6.54 Å². The summed E-state index contributed by atoms with van der Waals surface area (Å²) in [5, 5.41) is 2.04. The van der Waals surface area contributed by atoms with Crippen molar-refractivity contribution in [1.29, 1.82) is 0 Å². The number of aromatic nitrogens is 2. The molecule has 10 heteroatoms. The molecule has 6 nitrogen and oxygen atoms in total. The smallest absolute Gasteiger partial charge is 0.314 e. The van der Waals surface area contributed by atoms with Crippen molar-refractivity contribution in [2.75, 3.05) is 11.9 Å². The summed E-state index contributed by atoms with van der Waals surface area (Å²) in [5.74, 6) is -2.32. The average molecular weight is 462 g/mol. The molecule has 0 aliphatic rings. The van der Waals surface area contributed by atoms with Crippen molar-refractivity contribution >= 4 is 44.7 Å². The van der Waals surface area contributed by atoms with Crippen LogP contribution < -0.4 is 16.1 Å². The Kier molecular flexibility index (Phi) is 5.47. The molecule has 2 aromatic carbocycles. The van der Waals surface area contributed by atoms with Crippen molar-refractivity contribution in [3.8, 4) is 5.69 Å². The van der Waals surface area contributed by atoms with Gasteiger partial charge in [0.05, 0.1) is 11.2 Å². The van der Waals surface area contributed by atoms with Gasteiger partial charge in [-0.25, -0.2) is 18.1 Å². The van der Waals surface area contributed by atoms with Crippen LogP contribution in [0.4, 0.5) is 14.5 Å². The number of hydrogen-bond donors (Lipinski definition) is 0. The van der Waals surface area contributed by atoms with Crippen molar-refractivity contribution in [3.63, 3.8) is 0 Å². The average Bonchev–Trinajstić information content (AvgIpc) is 3.20. The molecule has 4 rings (SSSR count). The number of carbonyl (C=O) groups excluding carboxylic acids is 1. The largest absolute Gasteiger partial charge is 0.336 e. The van der Waals surface area contributed by atoms with Crippen LogP contribution in [-0.4, -0.2) is 22.1 Å². The number of hydrogen-bond acceptors (Lipinski definition) is 4. The van der Waals surface area contributed by atoms with E-state index in [0.29, 0.717) is 21.3 Å². The SMILES string of the molecule is CN(C(=O)Cn1c(=O)n(-c2cc(F)cc(F)c2)c(=O)c2sccc21)c1cccc(Cl)c1. The molecule has 0 spiro atoms. The van der Waals surface area contributed by atoms with Gasteiger partial charge in [0.25, 0.3) is 5.56 Å². The Hall–Kier alpha value is -3.30. The van der Waals surface area contributed by atoms with Gasteiger partial charge >= 0.3 is 5.69 Å². The third kappa shape index (κ3) is 3.89. The van der Waals surface area contributed by atoms with Crippen molar-refractivity contribution in [2.24, 2.45) is 0 Å². The molecule has 0 fully saturated rings. The first-order chi connectivity index (χ1) is 14.8. The number of carbonyl (C=O) groups is 1. The van der Waals surface area contributed by atoms with Gasteiger partial charge < -0.3 is 4.90 Å². The van der Waals surface area contributed by atoms with Crippen LogP contribution in [0, 0.1) is 11.6 Å². The summed E-state index contributed by atoms with van der Waals surface area (Å²) in [6, 6.07) is 10.6. The molecular formula is C21H14ClF2N3O3S. The van der Waals surface area contributed by atoms with Gasteiger partial charge in [0.1, 0.15) is 22.9 Å². The third-order valence-corrected chi connectivity index (χ3v) is 5.85. The van der Waals surface area contributed by atoms with Gasteiger partial charge in [-0.1, -0.05) is 17.7 Å². The number of halogens is 3. The molecule has 0 aliphatic heterocycles. The number of anilines is 1. The summed E-state index contributed by atoms with van der Waals surface area (Å²) in [4.78, 5) is 40.3. The molecule has 0 aliphatic carbocycles. The van der Waals surface area contributed by atoms with Gasteiger partial charge in [0.15, 0.2) is 0 Å². The van der Waals surface area contributed by atoms with Crippen LogP contribution in [0.2, 0.25) is 5.02 Å². The van der Waals surface area contributed by atoms with E-state index in [1.807, 2.05) is 0 Å². The van der Waals surface area contributed by atoms with Crippen molar-refractivity contribution < 1.29 is 13.6 Å². The summed E-state index contributed by atoms with van der Waals surface area (Å²) >= 11 is 7.05. The number of rotatable bonds is 4. The van der Waals surface area contributed by atoms with E-state index in [-0.39, 0.29) is 15.9 Å². The Morgan fingerprint density at radius 1 is 1.10 bits per heavy atom. The molecule has 158 valence electrons. The standard InChI is InChI=1S/C21H14ClF2N3O3S/c1-25(15-4-2-3-12(22)7-15)18(28)11-26-17-5-6-31-19(17)20(29)27(21(26)30)16-9-13(23)8-14(24)10-16/h2-10H,11H2,1H3. The Labute approximate surface area is 183 Å². The maximum atomic E-state index is 13.7. The van der Waals surface area contributed by atoms with Gasteiger partial charge in [0, 0.05) is 23.8 Å². The van der Waals surface area contributed by atoms with Gasteiger partial charge in [-0.15, -0.1) is 11.3 Å². The van der Waals surface area contributed by atoms with E-state index in [1.54, 1.807) is 35.7 Å². The van der Waals surface area contributed by atoms with Crippen LogP contribution in [-0.2, 0) is 11.3 Å². The maximum Gasteiger partial charge on any atom is 0.336 e. The van der Waals surface area contributed by atoms with Crippen LogP contribution >= 0.6 is 22.9 Å². The zero-order valence-electron chi connectivity index (χ0n) is 16.0. The van der Waals surface area contributed by atoms with E-state index in [2.05, 4.69) is 0 Å². The summed E-state index contributed by atoms with van der Waals surface area (Å²) in [6.45, 7) is -0.396. The molecule has 0 radical (unpaired) electrons. The summed E-state index contributed by atoms with van der Waals surface area (Å²) < 4.78 is 29.4. The highest BCUT2D eigenvalue weighted by molar-refractivity contribution is 7.17. The van der Waals surface area contributed by atoms with E-state index < -0.39 is 35.3 Å². The molecule has 0 saturated heterocycles. The highest BCUT2D eigenvalue weighted by Gasteiger charge is 2.20. The Morgan fingerprint density at radius 2 is 1.81 bits per heavy atom. The fourth-order valence-corrected chi connectivity index (χ4v) is 4.21. The van der Waals surface area contributed by atoms with Gasteiger partial charge in [0.2, 0.25) is 5.91 Å². The maximum absolute atomic E-state index is 13.7. The first-order valence-corrected chi connectivity index (χ1v) is 10.2. The second-order valence-corrected chi connectivity index (χ2v) is 8.06. The molecule has 0 unspecified atom stereocenters. The lowest BCUT2D eigenvalue weighted by Gasteiger charge is -2.19. The van der Waals surface area contributed by atoms with Crippen LogP contribution in [0.25, 0.3) is 15.9 Å². The Balaban J connectivity index is 1.85. The van der Waals surface area contributed by atoms with E-state index >= 15 is 0 Å². The molecule has 2 heterocycles. The van der Waals surface area contributed by atoms with E-state index in [4.69, 9.17) is 11.6 Å². The lowest BCUT2D eigenvalue weighted by Crippen LogP contribution is -2.42. The Morgan fingerprint density at radius 3 is 2.48 bits per heavy atom. The first kappa shape index (κ1) is 21.0. The van der Waals surface area contributed by atoms with E-state index in [0.717, 1.165) is 28.0 Å². The molecule has 4 aromatic rings. The molecule has 0 bridgehead atoms.